The van der Waals surface area contributed by atoms with Crippen molar-refractivity contribution in [1.29, 1.82) is 0 Å². The Morgan fingerprint density at radius 2 is 2.17 bits per heavy atom. The second-order valence-corrected chi connectivity index (χ2v) is 7.33. The third kappa shape index (κ3) is 3.90. The molecule has 0 bridgehead atoms. The standard InChI is InChI=1S/C19H29N3O2/c1-21(2)18(23)20-11-9-19-10-13-24-17(19)8-12-22(15-19)14-16-6-4-3-5-7-16/h3-7,17H,8-15H2,1-2H3,(H,20,23)/t17-,19+/m1/s1. The highest BCUT2D eigenvalue weighted by atomic mass is 16.5. The monoisotopic (exact) mass is 331 g/mol. The molecule has 132 valence electrons. The predicted molar refractivity (Wildman–Crippen MR) is 94.8 cm³/mol. The minimum atomic E-state index is -0.0150. The van der Waals surface area contributed by atoms with Crippen molar-refractivity contribution in [2.75, 3.05) is 40.3 Å². The van der Waals surface area contributed by atoms with E-state index in [1.54, 1.807) is 19.0 Å². The van der Waals surface area contributed by atoms with Crippen LogP contribution in [-0.2, 0) is 11.3 Å². The summed E-state index contributed by atoms with van der Waals surface area (Å²) in [6, 6.07) is 10.7. The van der Waals surface area contributed by atoms with Crippen LogP contribution in [0.5, 0.6) is 0 Å². The summed E-state index contributed by atoms with van der Waals surface area (Å²) in [5, 5.41) is 3.01. The van der Waals surface area contributed by atoms with Crippen LogP contribution in [0, 0.1) is 5.41 Å². The van der Waals surface area contributed by atoms with Crippen molar-refractivity contribution in [3.63, 3.8) is 0 Å². The van der Waals surface area contributed by atoms with Crippen LogP contribution in [0.4, 0.5) is 4.79 Å². The lowest BCUT2D eigenvalue weighted by Crippen LogP contribution is -2.50. The molecule has 5 heteroatoms. The molecule has 0 spiro atoms. The Hall–Kier alpha value is -1.59. The number of ether oxygens (including phenoxy) is 1. The van der Waals surface area contributed by atoms with Gasteiger partial charge in [-0.05, 0) is 24.8 Å². The van der Waals surface area contributed by atoms with Crippen molar-refractivity contribution in [2.45, 2.75) is 31.9 Å². The number of rotatable bonds is 5. The highest BCUT2D eigenvalue weighted by molar-refractivity contribution is 5.73. The number of likely N-dealkylation sites (tertiary alicyclic amines) is 1. The van der Waals surface area contributed by atoms with Crippen LogP contribution in [0.2, 0.25) is 0 Å². The summed E-state index contributed by atoms with van der Waals surface area (Å²) >= 11 is 0. The van der Waals surface area contributed by atoms with Crippen molar-refractivity contribution >= 4 is 6.03 Å². The number of hydrogen-bond donors (Lipinski definition) is 1. The van der Waals surface area contributed by atoms with Crippen LogP contribution in [-0.4, -0.2) is 62.3 Å². The molecule has 2 amide bonds. The van der Waals surface area contributed by atoms with E-state index in [0.717, 1.165) is 52.0 Å². The van der Waals surface area contributed by atoms with Crippen LogP contribution >= 0.6 is 0 Å². The molecule has 2 aliphatic heterocycles. The van der Waals surface area contributed by atoms with Gasteiger partial charge in [0.05, 0.1) is 6.10 Å². The zero-order chi connectivity index (χ0) is 17.0. The van der Waals surface area contributed by atoms with Crippen molar-refractivity contribution in [2.24, 2.45) is 5.41 Å². The van der Waals surface area contributed by atoms with E-state index in [-0.39, 0.29) is 11.4 Å². The molecule has 0 saturated carbocycles. The maximum Gasteiger partial charge on any atom is 0.316 e. The first kappa shape index (κ1) is 17.2. The smallest absolute Gasteiger partial charge is 0.316 e. The Bertz CT molecular complexity index is 549. The summed E-state index contributed by atoms with van der Waals surface area (Å²) in [7, 11) is 3.55. The lowest BCUT2D eigenvalue weighted by molar-refractivity contribution is -0.0239. The van der Waals surface area contributed by atoms with Gasteiger partial charge in [-0.15, -0.1) is 0 Å². The fraction of sp³-hybridized carbons (Fsp3) is 0.632. The topological polar surface area (TPSA) is 44.8 Å². The molecular formula is C19H29N3O2. The molecule has 1 N–H and O–H groups in total. The maximum atomic E-state index is 11.8. The molecule has 0 radical (unpaired) electrons. The molecule has 0 unspecified atom stereocenters. The second kappa shape index (κ2) is 7.53. The number of nitrogens with zero attached hydrogens (tertiary/aromatic N) is 2. The van der Waals surface area contributed by atoms with Crippen molar-refractivity contribution in [3.8, 4) is 0 Å². The zero-order valence-electron chi connectivity index (χ0n) is 14.8. The van der Waals surface area contributed by atoms with Crippen LogP contribution in [0.25, 0.3) is 0 Å². The van der Waals surface area contributed by atoms with Gasteiger partial charge in [-0.2, -0.15) is 0 Å². The molecule has 1 aromatic rings. The summed E-state index contributed by atoms with van der Waals surface area (Å²) in [5.74, 6) is 0. The molecule has 2 atom stereocenters. The Kier molecular flexibility index (Phi) is 5.41. The highest BCUT2D eigenvalue weighted by Crippen LogP contribution is 2.43. The third-order valence-electron chi connectivity index (χ3n) is 5.40. The number of nitrogens with one attached hydrogen (secondary N) is 1. The fourth-order valence-electron chi connectivity index (χ4n) is 4.05. The highest BCUT2D eigenvalue weighted by Gasteiger charge is 2.47. The first-order valence-corrected chi connectivity index (χ1v) is 8.92. The molecule has 2 aliphatic rings. The van der Waals surface area contributed by atoms with E-state index >= 15 is 0 Å². The number of fused-ring (bicyclic) bond motifs is 1. The predicted octanol–water partition coefficient (Wildman–Crippen LogP) is 2.33. The Labute approximate surface area is 145 Å². The summed E-state index contributed by atoms with van der Waals surface area (Å²) < 4.78 is 6.01. The second-order valence-electron chi connectivity index (χ2n) is 7.33. The van der Waals surface area contributed by atoms with Crippen LogP contribution in [0.15, 0.2) is 30.3 Å². The molecule has 3 rings (SSSR count). The number of piperidine rings is 1. The summed E-state index contributed by atoms with van der Waals surface area (Å²) in [6.45, 7) is 4.72. The average molecular weight is 331 g/mol. The van der Waals surface area contributed by atoms with Gasteiger partial charge < -0.3 is 15.0 Å². The quantitative estimate of drug-likeness (QED) is 0.901. The van der Waals surface area contributed by atoms with Gasteiger partial charge in [0.2, 0.25) is 0 Å². The van der Waals surface area contributed by atoms with Crippen LogP contribution in [0.3, 0.4) is 0 Å². The molecule has 24 heavy (non-hydrogen) atoms. The largest absolute Gasteiger partial charge is 0.378 e. The summed E-state index contributed by atoms with van der Waals surface area (Å²) in [5.41, 5.74) is 1.55. The number of hydrogen-bond acceptors (Lipinski definition) is 3. The first-order valence-electron chi connectivity index (χ1n) is 8.92. The lowest BCUT2D eigenvalue weighted by Gasteiger charge is -2.44. The number of benzene rings is 1. The molecule has 2 fully saturated rings. The molecule has 2 heterocycles. The first-order chi connectivity index (χ1) is 11.6. The van der Waals surface area contributed by atoms with E-state index in [1.165, 1.54) is 5.56 Å². The molecule has 2 saturated heterocycles. The normalized spacial score (nSPS) is 26.8. The maximum absolute atomic E-state index is 11.8. The Morgan fingerprint density at radius 3 is 2.92 bits per heavy atom. The van der Waals surface area contributed by atoms with Gasteiger partial charge >= 0.3 is 6.03 Å². The van der Waals surface area contributed by atoms with Gasteiger partial charge in [0.1, 0.15) is 0 Å². The lowest BCUT2D eigenvalue weighted by atomic mass is 9.74. The van der Waals surface area contributed by atoms with Gasteiger partial charge in [-0.25, -0.2) is 4.79 Å². The Balaban J connectivity index is 1.59. The summed E-state index contributed by atoms with van der Waals surface area (Å²) in [6.07, 6.45) is 3.53. The summed E-state index contributed by atoms with van der Waals surface area (Å²) in [4.78, 5) is 15.9. The van der Waals surface area contributed by atoms with Crippen molar-refractivity contribution in [1.82, 2.24) is 15.1 Å². The van der Waals surface area contributed by atoms with Crippen molar-refractivity contribution < 1.29 is 9.53 Å². The number of carbonyl (C=O) groups is 1. The van der Waals surface area contributed by atoms with Gasteiger partial charge in [0.25, 0.3) is 0 Å². The molecule has 1 aromatic carbocycles. The van der Waals surface area contributed by atoms with Crippen molar-refractivity contribution in [3.05, 3.63) is 35.9 Å². The fourth-order valence-corrected chi connectivity index (χ4v) is 4.05. The SMILES string of the molecule is CN(C)C(=O)NCC[C@@]12CCO[C@@H]1CCN(Cc1ccccc1)C2. The Morgan fingerprint density at radius 1 is 1.38 bits per heavy atom. The van der Waals surface area contributed by atoms with Gasteiger partial charge in [-0.1, -0.05) is 30.3 Å². The molecule has 0 aliphatic carbocycles. The number of carbonyl (C=O) groups excluding carboxylic acids is 1. The number of urea groups is 1. The van der Waals surface area contributed by atoms with Crippen LogP contribution < -0.4 is 5.32 Å². The molecule has 5 nitrogen and oxygen atoms in total. The van der Waals surface area contributed by atoms with Gasteiger partial charge in [-0.3, -0.25) is 4.90 Å². The van der Waals surface area contributed by atoms with E-state index in [4.69, 9.17) is 4.74 Å². The van der Waals surface area contributed by atoms with E-state index in [0.29, 0.717) is 6.10 Å². The van der Waals surface area contributed by atoms with Gasteiger partial charge in [0, 0.05) is 52.3 Å². The van der Waals surface area contributed by atoms with E-state index in [1.807, 2.05) is 0 Å². The zero-order valence-corrected chi connectivity index (χ0v) is 14.8. The minimum absolute atomic E-state index is 0.0150. The van der Waals surface area contributed by atoms with Gasteiger partial charge in [0.15, 0.2) is 0 Å². The van der Waals surface area contributed by atoms with E-state index in [9.17, 15) is 4.79 Å². The third-order valence-corrected chi connectivity index (χ3v) is 5.40. The average Bonchev–Trinajstić information content (AvgIpc) is 2.98. The molecule has 0 aromatic heterocycles. The molecular weight excluding hydrogens is 302 g/mol. The minimum Gasteiger partial charge on any atom is -0.378 e. The van der Waals surface area contributed by atoms with E-state index in [2.05, 4.69) is 40.5 Å². The van der Waals surface area contributed by atoms with Crippen LogP contribution in [0.1, 0.15) is 24.8 Å². The van der Waals surface area contributed by atoms with E-state index < -0.39 is 0 Å². The number of amides is 2.